The lowest BCUT2D eigenvalue weighted by molar-refractivity contribution is -0.141. The van der Waals surface area contributed by atoms with Crippen LogP contribution in [0, 0.1) is 5.92 Å². The van der Waals surface area contributed by atoms with Gasteiger partial charge in [-0.05, 0) is 30.7 Å². The highest BCUT2D eigenvalue weighted by Gasteiger charge is 2.17. The van der Waals surface area contributed by atoms with E-state index in [1.807, 2.05) is 6.92 Å². The normalized spacial score (nSPS) is 12.3. The minimum absolute atomic E-state index is 0.0640. The molecule has 0 bridgehead atoms. The first kappa shape index (κ1) is 20.8. The Kier molecular flexibility index (Phi) is 7.69. The summed E-state index contributed by atoms with van der Waals surface area (Å²) in [4.78, 5) is 24.1. The second kappa shape index (κ2) is 9.26. The molecule has 8 nitrogen and oxygen atoms in total. The van der Waals surface area contributed by atoms with E-state index in [0.29, 0.717) is 17.8 Å². The number of rotatable bonds is 9. The molecule has 1 unspecified atom stereocenters. The third kappa shape index (κ3) is 7.42. The summed E-state index contributed by atoms with van der Waals surface area (Å²) in [5.41, 5.74) is 0.901. The highest BCUT2D eigenvalue weighted by molar-refractivity contribution is 7.92. The highest BCUT2D eigenvalue weighted by Crippen LogP contribution is 2.16. The Labute approximate surface area is 148 Å². The Bertz CT molecular complexity index is 688. The van der Waals surface area contributed by atoms with E-state index in [1.165, 1.54) is 18.9 Å². The van der Waals surface area contributed by atoms with Gasteiger partial charge in [0.05, 0.1) is 11.7 Å². The molecule has 0 saturated carbocycles. The van der Waals surface area contributed by atoms with Crippen LogP contribution in [-0.2, 0) is 14.8 Å². The van der Waals surface area contributed by atoms with E-state index in [1.54, 1.807) is 24.3 Å². The predicted molar refractivity (Wildman–Crippen MR) is 97.2 cm³/mol. The van der Waals surface area contributed by atoms with Crippen LogP contribution < -0.4 is 10.0 Å². The number of amides is 2. The minimum atomic E-state index is -3.37. The van der Waals surface area contributed by atoms with Crippen LogP contribution in [0.2, 0.25) is 0 Å². The number of carbonyl (C=O) groups excluding carboxylic acids is 1. The van der Waals surface area contributed by atoms with Crippen LogP contribution in [0.4, 0.5) is 16.2 Å². The molecule has 1 rings (SSSR count). The summed E-state index contributed by atoms with van der Waals surface area (Å²) < 4.78 is 26.1. The molecular weight excluding hydrogens is 346 g/mol. The van der Waals surface area contributed by atoms with E-state index < -0.39 is 27.9 Å². The van der Waals surface area contributed by atoms with Crippen molar-refractivity contribution in [1.82, 2.24) is 4.90 Å². The lowest BCUT2D eigenvalue weighted by Crippen LogP contribution is -2.36. The monoisotopic (exact) mass is 371 g/mol. The molecule has 0 heterocycles. The standard InChI is InChI=1S/C16H25N3O5S/c1-4-5-10-25(23,24)18-14-8-6-13(7-9-14)17-16(22)19(3)11-12(2)15(20)21/h6-9,12,18H,4-5,10-11H2,1-3H3,(H,17,22)(H,20,21). The van der Waals surface area contributed by atoms with Gasteiger partial charge in [0, 0.05) is 25.0 Å². The number of benzene rings is 1. The molecular formula is C16H25N3O5S. The summed E-state index contributed by atoms with van der Waals surface area (Å²) in [5.74, 6) is -1.58. The first-order valence-electron chi connectivity index (χ1n) is 8.00. The van der Waals surface area contributed by atoms with Crippen LogP contribution in [-0.4, -0.2) is 49.8 Å². The van der Waals surface area contributed by atoms with Gasteiger partial charge in [-0.3, -0.25) is 9.52 Å². The lowest BCUT2D eigenvalue weighted by atomic mass is 10.2. The van der Waals surface area contributed by atoms with Gasteiger partial charge in [-0.1, -0.05) is 20.3 Å². The maximum atomic E-state index is 12.0. The van der Waals surface area contributed by atoms with Gasteiger partial charge in [0.15, 0.2) is 0 Å². The van der Waals surface area contributed by atoms with Crippen molar-refractivity contribution in [3.63, 3.8) is 0 Å². The third-order valence-corrected chi connectivity index (χ3v) is 4.86. The topological polar surface area (TPSA) is 116 Å². The maximum absolute atomic E-state index is 12.0. The number of carboxylic acid groups (broad SMARTS) is 1. The van der Waals surface area contributed by atoms with Crippen LogP contribution >= 0.6 is 0 Å². The van der Waals surface area contributed by atoms with Gasteiger partial charge in [-0.15, -0.1) is 0 Å². The van der Waals surface area contributed by atoms with Gasteiger partial charge in [0.2, 0.25) is 10.0 Å². The van der Waals surface area contributed by atoms with E-state index in [4.69, 9.17) is 5.11 Å². The van der Waals surface area contributed by atoms with E-state index in [0.717, 1.165) is 6.42 Å². The summed E-state index contributed by atoms with van der Waals surface area (Å²) in [6.07, 6.45) is 1.38. The molecule has 0 saturated heterocycles. The molecule has 0 aliphatic rings. The van der Waals surface area contributed by atoms with Gasteiger partial charge in [-0.2, -0.15) is 0 Å². The van der Waals surface area contributed by atoms with Gasteiger partial charge >= 0.3 is 12.0 Å². The lowest BCUT2D eigenvalue weighted by Gasteiger charge is -2.20. The van der Waals surface area contributed by atoms with Crippen molar-refractivity contribution in [3.8, 4) is 0 Å². The average Bonchev–Trinajstić information content (AvgIpc) is 2.54. The number of carboxylic acids is 1. The fourth-order valence-corrected chi connectivity index (χ4v) is 3.24. The summed E-state index contributed by atoms with van der Waals surface area (Å²) in [6, 6.07) is 5.82. The molecule has 0 fully saturated rings. The quantitative estimate of drug-likeness (QED) is 0.616. The molecule has 9 heteroatoms. The number of nitrogens with one attached hydrogen (secondary N) is 2. The van der Waals surface area contributed by atoms with Gasteiger partial charge in [-0.25, -0.2) is 13.2 Å². The molecule has 1 aromatic carbocycles. The van der Waals surface area contributed by atoms with Crippen molar-refractivity contribution in [1.29, 1.82) is 0 Å². The molecule has 3 N–H and O–H groups in total. The Hall–Kier alpha value is -2.29. The maximum Gasteiger partial charge on any atom is 0.321 e. The second-order valence-corrected chi connectivity index (χ2v) is 7.74. The largest absolute Gasteiger partial charge is 0.481 e. The zero-order chi connectivity index (χ0) is 19.0. The van der Waals surface area contributed by atoms with Crippen molar-refractivity contribution in [2.24, 2.45) is 5.92 Å². The zero-order valence-corrected chi connectivity index (χ0v) is 15.5. The smallest absolute Gasteiger partial charge is 0.321 e. The Balaban J connectivity index is 2.62. The number of carbonyl (C=O) groups is 2. The fourth-order valence-electron chi connectivity index (χ4n) is 1.98. The van der Waals surface area contributed by atoms with E-state index in [9.17, 15) is 18.0 Å². The molecule has 2 amide bonds. The summed E-state index contributed by atoms with van der Waals surface area (Å²) >= 11 is 0. The van der Waals surface area contributed by atoms with Gasteiger partial charge in [0.1, 0.15) is 0 Å². The van der Waals surface area contributed by atoms with Gasteiger partial charge in [0.25, 0.3) is 0 Å². The van der Waals surface area contributed by atoms with Crippen LogP contribution in [0.15, 0.2) is 24.3 Å². The molecule has 1 atom stereocenters. The van der Waals surface area contributed by atoms with Crippen LogP contribution in [0.5, 0.6) is 0 Å². The molecule has 0 aliphatic carbocycles. The van der Waals surface area contributed by atoms with Crippen molar-refractivity contribution in [3.05, 3.63) is 24.3 Å². The summed E-state index contributed by atoms with van der Waals surface area (Å²) in [6.45, 7) is 3.52. The summed E-state index contributed by atoms with van der Waals surface area (Å²) in [5, 5.41) is 11.5. The van der Waals surface area contributed by atoms with Gasteiger partial charge < -0.3 is 15.3 Å². The number of urea groups is 1. The molecule has 0 aromatic heterocycles. The summed E-state index contributed by atoms with van der Waals surface area (Å²) in [7, 11) is -1.86. The minimum Gasteiger partial charge on any atom is -0.481 e. The highest BCUT2D eigenvalue weighted by atomic mass is 32.2. The van der Waals surface area contributed by atoms with E-state index in [2.05, 4.69) is 10.0 Å². The molecule has 1 aromatic rings. The number of hydrogen-bond donors (Lipinski definition) is 3. The van der Waals surface area contributed by atoms with Crippen LogP contribution in [0.25, 0.3) is 0 Å². The van der Waals surface area contributed by atoms with Crippen molar-refractivity contribution in [2.45, 2.75) is 26.7 Å². The number of sulfonamides is 1. The van der Waals surface area contributed by atoms with E-state index >= 15 is 0 Å². The van der Waals surface area contributed by atoms with Crippen LogP contribution in [0.1, 0.15) is 26.7 Å². The Morgan fingerprint density at radius 1 is 1.20 bits per heavy atom. The van der Waals surface area contributed by atoms with E-state index in [-0.39, 0.29) is 12.3 Å². The second-order valence-electron chi connectivity index (χ2n) is 5.90. The molecule has 25 heavy (non-hydrogen) atoms. The first-order valence-corrected chi connectivity index (χ1v) is 9.65. The van der Waals surface area contributed by atoms with Crippen molar-refractivity contribution < 1.29 is 23.1 Å². The molecule has 0 aliphatic heterocycles. The predicted octanol–water partition coefficient (Wildman–Crippen LogP) is 2.41. The Morgan fingerprint density at radius 3 is 2.28 bits per heavy atom. The molecule has 140 valence electrons. The Morgan fingerprint density at radius 2 is 1.76 bits per heavy atom. The molecule has 0 spiro atoms. The first-order chi connectivity index (χ1) is 11.6. The number of nitrogens with zero attached hydrogens (tertiary/aromatic N) is 1. The van der Waals surface area contributed by atoms with Crippen molar-refractivity contribution >= 4 is 33.4 Å². The number of aliphatic carboxylic acids is 1. The number of hydrogen-bond acceptors (Lipinski definition) is 4. The third-order valence-electron chi connectivity index (χ3n) is 3.49. The number of anilines is 2. The van der Waals surface area contributed by atoms with Crippen LogP contribution in [0.3, 0.4) is 0 Å². The fraction of sp³-hybridized carbons (Fsp3) is 0.500. The number of unbranched alkanes of at least 4 members (excludes halogenated alkanes) is 1. The van der Waals surface area contributed by atoms with Crippen molar-refractivity contribution in [2.75, 3.05) is 29.4 Å². The SMILES string of the molecule is CCCCS(=O)(=O)Nc1ccc(NC(=O)N(C)CC(C)C(=O)O)cc1. The molecule has 0 radical (unpaired) electrons. The average molecular weight is 371 g/mol. The zero-order valence-electron chi connectivity index (χ0n) is 14.7.